The van der Waals surface area contributed by atoms with Gasteiger partial charge in [0, 0.05) is 23.7 Å². The summed E-state index contributed by atoms with van der Waals surface area (Å²) < 4.78 is 7.73. The van der Waals surface area contributed by atoms with Crippen molar-refractivity contribution in [2.75, 3.05) is 25.1 Å². The van der Waals surface area contributed by atoms with Crippen LogP contribution < -0.4 is 9.64 Å². The third-order valence-corrected chi connectivity index (χ3v) is 6.38. The second-order valence-electron chi connectivity index (χ2n) is 8.49. The minimum Gasteiger partial charge on any atom is -0.496 e. The van der Waals surface area contributed by atoms with E-state index in [1.807, 2.05) is 18.2 Å². The largest absolute Gasteiger partial charge is 0.496 e. The van der Waals surface area contributed by atoms with Gasteiger partial charge in [-0.25, -0.2) is 4.52 Å². The Bertz CT molecular complexity index is 1020. The minimum atomic E-state index is 0.674. The molecule has 2 saturated carbocycles. The van der Waals surface area contributed by atoms with E-state index in [1.54, 1.807) is 7.11 Å². The molecule has 0 amide bonds. The molecule has 2 heterocycles. The summed E-state index contributed by atoms with van der Waals surface area (Å²) in [7, 11) is 1.69. The van der Waals surface area contributed by atoms with E-state index in [0.29, 0.717) is 5.02 Å². The molecule has 5 rings (SSSR count). The number of aryl methyl sites for hydroxylation is 1. The molecule has 5 heteroatoms. The van der Waals surface area contributed by atoms with Gasteiger partial charge in [0.05, 0.1) is 29.7 Å². The van der Waals surface area contributed by atoms with Gasteiger partial charge >= 0.3 is 0 Å². The van der Waals surface area contributed by atoms with Gasteiger partial charge in [-0.3, -0.25) is 0 Å². The maximum atomic E-state index is 6.19. The van der Waals surface area contributed by atoms with Crippen LogP contribution in [0.5, 0.6) is 5.75 Å². The van der Waals surface area contributed by atoms with Crippen LogP contribution in [0.3, 0.4) is 0 Å². The molecule has 29 heavy (non-hydrogen) atoms. The van der Waals surface area contributed by atoms with Crippen molar-refractivity contribution in [2.45, 2.75) is 39.0 Å². The number of ether oxygens (including phenoxy) is 1. The smallest absolute Gasteiger partial charge is 0.129 e. The fraction of sp³-hybridized carbons (Fsp3) is 0.458. The summed E-state index contributed by atoms with van der Waals surface area (Å²) in [5.41, 5.74) is 5.76. The molecule has 0 saturated heterocycles. The number of hydrogen-bond donors (Lipinski definition) is 0. The van der Waals surface area contributed by atoms with Crippen LogP contribution in [0.25, 0.3) is 16.8 Å². The first kappa shape index (κ1) is 18.8. The number of benzene rings is 1. The first-order valence-electron chi connectivity index (χ1n) is 10.8. The summed E-state index contributed by atoms with van der Waals surface area (Å²) in [6.07, 6.45) is 6.41. The molecule has 0 unspecified atom stereocenters. The van der Waals surface area contributed by atoms with Crippen LogP contribution in [0.1, 0.15) is 38.3 Å². The van der Waals surface area contributed by atoms with Crippen molar-refractivity contribution in [2.24, 2.45) is 11.8 Å². The second kappa shape index (κ2) is 7.56. The van der Waals surface area contributed by atoms with Crippen molar-refractivity contribution in [3.63, 3.8) is 0 Å². The highest BCUT2D eigenvalue weighted by atomic mass is 35.5. The van der Waals surface area contributed by atoms with Gasteiger partial charge in [0.1, 0.15) is 5.75 Å². The molecule has 0 spiro atoms. The maximum Gasteiger partial charge on any atom is 0.129 e. The van der Waals surface area contributed by atoms with E-state index in [9.17, 15) is 0 Å². The third kappa shape index (κ3) is 3.71. The van der Waals surface area contributed by atoms with E-state index in [1.165, 1.54) is 55.7 Å². The van der Waals surface area contributed by atoms with Crippen LogP contribution in [0, 0.1) is 11.8 Å². The molecule has 0 bridgehead atoms. The molecule has 0 atom stereocenters. The van der Waals surface area contributed by atoms with Crippen LogP contribution in [-0.4, -0.2) is 29.8 Å². The Labute approximate surface area is 177 Å². The van der Waals surface area contributed by atoms with E-state index in [4.69, 9.17) is 21.4 Å². The predicted molar refractivity (Wildman–Crippen MR) is 119 cm³/mol. The monoisotopic (exact) mass is 409 g/mol. The summed E-state index contributed by atoms with van der Waals surface area (Å²) in [5, 5.41) is 5.74. The Balaban J connectivity index is 1.65. The molecule has 3 aromatic rings. The Hall–Kier alpha value is -2.20. The molecule has 2 aliphatic carbocycles. The lowest BCUT2D eigenvalue weighted by Gasteiger charge is -2.25. The average molecular weight is 410 g/mol. The van der Waals surface area contributed by atoms with Crippen molar-refractivity contribution in [3.8, 4) is 17.0 Å². The van der Waals surface area contributed by atoms with Crippen LogP contribution in [0.2, 0.25) is 5.02 Å². The van der Waals surface area contributed by atoms with Gasteiger partial charge in [-0.1, -0.05) is 24.6 Å². The molecule has 4 nitrogen and oxygen atoms in total. The summed E-state index contributed by atoms with van der Waals surface area (Å²) in [5.74, 6) is 2.48. The summed E-state index contributed by atoms with van der Waals surface area (Å²) >= 11 is 6.19. The van der Waals surface area contributed by atoms with Gasteiger partial charge in [-0.15, -0.1) is 0 Å². The quantitative estimate of drug-likeness (QED) is 0.467. The molecular formula is C24H28ClN3O. The van der Waals surface area contributed by atoms with Gasteiger partial charge in [0.15, 0.2) is 0 Å². The van der Waals surface area contributed by atoms with Crippen molar-refractivity contribution < 1.29 is 4.74 Å². The van der Waals surface area contributed by atoms with Crippen molar-refractivity contribution >= 4 is 22.8 Å². The summed E-state index contributed by atoms with van der Waals surface area (Å²) in [6.45, 7) is 4.54. The molecule has 2 aliphatic rings. The van der Waals surface area contributed by atoms with Crippen LogP contribution in [-0.2, 0) is 6.42 Å². The molecule has 152 valence electrons. The Morgan fingerprint density at radius 1 is 1.10 bits per heavy atom. The number of halogens is 1. The summed E-state index contributed by atoms with van der Waals surface area (Å²) in [6, 6.07) is 12.3. The van der Waals surface area contributed by atoms with E-state index >= 15 is 0 Å². The van der Waals surface area contributed by atoms with Crippen molar-refractivity contribution in [1.82, 2.24) is 9.61 Å². The van der Waals surface area contributed by atoms with Crippen molar-refractivity contribution in [3.05, 3.63) is 47.1 Å². The molecule has 0 aliphatic heterocycles. The van der Waals surface area contributed by atoms with E-state index in [0.717, 1.165) is 35.3 Å². The first-order chi connectivity index (χ1) is 14.2. The van der Waals surface area contributed by atoms with Gasteiger partial charge < -0.3 is 9.64 Å². The van der Waals surface area contributed by atoms with E-state index in [-0.39, 0.29) is 0 Å². The fourth-order valence-electron chi connectivity index (χ4n) is 4.25. The number of methoxy groups -OCH3 is 1. The highest BCUT2D eigenvalue weighted by Gasteiger charge is 2.32. The number of pyridine rings is 1. The maximum absolute atomic E-state index is 6.19. The predicted octanol–water partition coefficient (Wildman–Crippen LogP) is 5.85. The van der Waals surface area contributed by atoms with E-state index in [2.05, 4.69) is 34.5 Å². The Morgan fingerprint density at radius 3 is 2.45 bits per heavy atom. The van der Waals surface area contributed by atoms with Gasteiger partial charge in [-0.2, -0.15) is 5.10 Å². The SMILES string of the molecule is CCc1nn2c(-c3ccc(Cl)cc3OC)cccc2c1N(CC1CC1)CC1CC1. The number of aromatic nitrogens is 2. The van der Waals surface area contributed by atoms with Crippen molar-refractivity contribution in [1.29, 1.82) is 0 Å². The molecule has 2 fully saturated rings. The zero-order valence-electron chi connectivity index (χ0n) is 17.2. The highest BCUT2D eigenvalue weighted by Crippen LogP contribution is 2.40. The number of hydrogen-bond acceptors (Lipinski definition) is 3. The number of fused-ring (bicyclic) bond motifs is 1. The van der Waals surface area contributed by atoms with Crippen LogP contribution >= 0.6 is 11.6 Å². The standard InChI is InChI=1S/C24H28ClN3O/c1-3-20-24(27(14-16-7-8-16)15-17-9-10-17)22-6-4-5-21(28(22)26-20)19-12-11-18(25)13-23(19)29-2/h4-6,11-13,16-17H,3,7-10,14-15H2,1-2H3. The molecular weight excluding hydrogens is 382 g/mol. The number of rotatable bonds is 8. The zero-order valence-corrected chi connectivity index (χ0v) is 18.0. The molecule has 2 aromatic heterocycles. The minimum absolute atomic E-state index is 0.674. The van der Waals surface area contributed by atoms with Crippen LogP contribution in [0.4, 0.5) is 5.69 Å². The Morgan fingerprint density at radius 2 is 1.83 bits per heavy atom. The second-order valence-corrected chi connectivity index (χ2v) is 8.93. The van der Waals surface area contributed by atoms with Gasteiger partial charge in [-0.05, 0) is 74.3 Å². The summed E-state index contributed by atoms with van der Waals surface area (Å²) in [4.78, 5) is 2.64. The Kier molecular flexibility index (Phi) is 4.91. The molecule has 1 aromatic carbocycles. The molecule has 0 radical (unpaired) electrons. The molecule has 0 N–H and O–H groups in total. The lowest BCUT2D eigenvalue weighted by Crippen LogP contribution is -2.28. The fourth-order valence-corrected chi connectivity index (χ4v) is 4.41. The highest BCUT2D eigenvalue weighted by molar-refractivity contribution is 6.30. The number of anilines is 1. The van der Waals surface area contributed by atoms with Gasteiger partial charge in [0.2, 0.25) is 0 Å². The third-order valence-electron chi connectivity index (χ3n) is 6.14. The number of nitrogens with zero attached hydrogens (tertiary/aromatic N) is 3. The van der Waals surface area contributed by atoms with Gasteiger partial charge in [0.25, 0.3) is 0 Å². The lowest BCUT2D eigenvalue weighted by atomic mass is 10.1. The van der Waals surface area contributed by atoms with Crippen LogP contribution in [0.15, 0.2) is 36.4 Å². The topological polar surface area (TPSA) is 29.8 Å². The van der Waals surface area contributed by atoms with E-state index < -0.39 is 0 Å². The zero-order chi connectivity index (χ0) is 20.0. The normalized spacial score (nSPS) is 16.4. The lowest BCUT2D eigenvalue weighted by molar-refractivity contribution is 0.416. The average Bonchev–Trinajstić information content (AvgIpc) is 3.66. The first-order valence-corrected chi connectivity index (χ1v) is 11.1.